The van der Waals surface area contributed by atoms with E-state index in [2.05, 4.69) is 23.5 Å². The van der Waals surface area contributed by atoms with Gasteiger partial charge >= 0.3 is 5.97 Å². The molecule has 2 aliphatic rings. The average Bonchev–Trinajstić information content (AvgIpc) is 2.60. The van der Waals surface area contributed by atoms with Crippen molar-refractivity contribution >= 4 is 16.2 Å². The normalized spacial score (nSPS) is 26.2. The minimum absolute atomic E-state index is 0.150. The summed E-state index contributed by atoms with van der Waals surface area (Å²) < 4.78 is 40.0. The van der Waals surface area contributed by atoms with Gasteiger partial charge in [-0.15, -0.1) is 0 Å². The highest BCUT2D eigenvalue weighted by Crippen LogP contribution is 2.20. The van der Waals surface area contributed by atoms with Gasteiger partial charge in [0.25, 0.3) is 10.2 Å². The fourth-order valence-electron chi connectivity index (χ4n) is 3.49. The van der Waals surface area contributed by atoms with Crippen molar-refractivity contribution in [2.45, 2.75) is 39.7 Å². The van der Waals surface area contributed by atoms with Crippen LogP contribution in [0.2, 0.25) is 0 Å². The lowest BCUT2D eigenvalue weighted by atomic mass is 10.0. The Morgan fingerprint density at radius 1 is 1.31 bits per heavy atom. The van der Waals surface area contributed by atoms with Gasteiger partial charge in [0.1, 0.15) is 0 Å². The molecule has 26 heavy (non-hydrogen) atoms. The third kappa shape index (κ3) is 6.45. The fraction of sp³-hybridized carbons (Fsp3) is 0.941. The Labute approximate surface area is 157 Å². The molecule has 2 fully saturated rings. The summed E-state index contributed by atoms with van der Waals surface area (Å²) in [6, 6.07) is 0. The van der Waals surface area contributed by atoms with E-state index in [-0.39, 0.29) is 31.1 Å². The predicted octanol–water partition coefficient (Wildman–Crippen LogP) is 0.453. The number of rotatable bonds is 8. The molecule has 0 aromatic heterocycles. The van der Waals surface area contributed by atoms with Gasteiger partial charge in [0, 0.05) is 39.3 Å². The second kappa shape index (κ2) is 9.98. The van der Waals surface area contributed by atoms with Crippen LogP contribution < -0.4 is 4.72 Å². The Hall–Kier alpha value is -0.740. The van der Waals surface area contributed by atoms with Crippen molar-refractivity contribution in [3.63, 3.8) is 0 Å². The van der Waals surface area contributed by atoms with Crippen LogP contribution in [0.5, 0.6) is 0 Å². The number of carbonyl (C=O) groups is 1. The summed E-state index contributed by atoms with van der Waals surface area (Å²) in [5.74, 6) is -0.126. The predicted molar refractivity (Wildman–Crippen MR) is 98.9 cm³/mol. The van der Waals surface area contributed by atoms with Crippen molar-refractivity contribution < 1.29 is 22.7 Å². The average molecular weight is 392 g/mol. The quantitative estimate of drug-likeness (QED) is 0.605. The van der Waals surface area contributed by atoms with Crippen LogP contribution >= 0.6 is 0 Å². The van der Waals surface area contributed by atoms with E-state index in [1.165, 1.54) is 4.31 Å². The first-order chi connectivity index (χ1) is 12.3. The SMILES string of the molecule is CCOC(=O)[C@H]1CCCN(S(=O)(=O)NC[C@H]2CN(CC(C)C)CCO2)C1. The van der Waals surface area contributed by atoms with Gasteiger partial charge in [0.15, 0.2) is 0 Å². The molecule has 0 aromatic carbocycles. The molecule has 8 nitrogen and oxygen atoms in total. The molecular weight excluding hydrogens is 358 g/mol. The molecule has 1 N–H and O–H groups in total. The zero-order valence-electron chi connectivity index (χ0n) is 16.1. The molecule has 0 saturated carbocycles. The Morgan fingerprint density at radius 3 is 2.77 bits per heavy atom. The van der Waals surface area contributed by atoms with E-state index in [0.717, 1.165) is 19.6 Å². The van der Waals surface area contributed by atoms with Gasteiger partial charge in [-0.3, -0.25) is 9.69 Å². The molecule has 2 rings (SSSR count). The first-order valence-corrected chi connectivity index (χ1v) is 11.0. The summed E-state index contributed by atoms with van der Waals surface area (Å²) in [6.45, 7) is 10.5. The third-order valence-electron chi connectivity index (χ3n) is 4.68. The van der Waals surface area contributed by atoms with Crippen LogP contribution in [-0.2, 0) is 24.5 Å². The van der Waals surface area contributed by atoms with E-state index >= 15 is 0 Å². The molecule has 0 unspecified atom stereocenters. The fourth-order valence-corrected chi connectivity index (χ4v) is 4.81. The van der Waals surface area contributed by atoms with Gasteiger partial charge in [-0.2, -0.15) is 17.4 Å². The highest BCUT2D eigenvalue weighted by molar-refractivity contribution is 7.87. The van der Waals surface area contributed by atoms with E-state index < -0.39 is 10.2 Å². The van der Waals surface area contributed by atoms with Gasteiger partial charge in [0.2, 0.25) is 0 Å². The summed E-state index contributed by atoms with van der Waals surface area (Å²) in [5.41, 5.74) is 0. The van der Waals surface area contributed by atoms with Crippen LogP contribution in [0.1, 0.15) is 33.6 Å². The Morgan fingerprint density at radius 2 is 2.08 bits per heavy atom. The number of nitrogens with one attached hydrogen (secondary N) is 1. The lowest BCUT2D eigenvalue weighted by Gasteiger charge is -2.35. The highest BCUT2D eigenvalue weighted by Gasteiger charge is 2.33. The standard InChI is InChI=1S/C17H33N3O5S/c1-4-24-17(21)15-6-5-7-20(12-15)26(22,23)18-10-16-13-19(8-9-25-16)11-14(2)3/h14-16,18H,4-13H2,1-3H3/t15-,16-/m0/s1. The Balaban J connectivity index is 1.84. The Kier molecular flexibility index (Phi) is 8.28. The van der Waals surface area contributed by atoms with Gasteiger partial charge in [-0.25, -0.2) is 0 Å². The van der Waals surface area contributed by atoms with Crippen molar-refractivity contribution in [1.82, 2.24) is 13.9 Å². The minimum atomic E-state index is -3.63. The smallest absolute Gasteiger partial charge is 0.310 e. The van der Waals surface area contributed by atoms with E-state index in [1.807, 2.05) is 0 Å². The maximum Gasteiger partial charge on any atom is 0.310 e. The number of morpholine rings is 1. The topological polar surface area (TPSA) is 88.2 Å². The van der Waals surface area contributed by atoms with Crippen LogP contribution in [-0.4, -0.2) is 82.2 Å². The second-order valence-corrected chi connectivity index (χ2v) is 9.20. The molecule has 0 bridgehead atoms. The summed E-state index contributed by atoms with van der Waals surface area (Å²) in [5, 5.41) is 0. The molecule has 2 atom stereocenters. The number of ether oxygens (including phenoxy) is 2. The summed E-state index contributed by atoms with van der Waals surface area (Å²) >= 11 is 0. The number of piperidine rings is 1. The van der Waals surface area contributed by atoms with Crippen LogP contribution in [0, 0.1) is 11.8 Å². The third-order valence-corrected chi connectivity index (χ3v) is 6.23. The number of hydrogen-bond acceptors (Lipinski definition) is 6. The van der Waals surface area contributed by atoms with Crippen molar-refractivity contribution in [2.75, 3.05) is 52.5 Å². The van der Waals surface area contributed by atoms with E-state index in [0.29, 0.717) is 38.5 Å². The van der Waals surface area contributed by atoms with Crippen LogP contribution in [0.25, 0.3) is 0 Å². The molecule has 2 aliphatic heterocycles. The monoisotopic (exact) mass is 391 g/mol. The highest BCUT2D eigenvalue weighted by atomic mass is 32.2. The van der Waals surface area contributed by atoms with Gasteiger partial charge < -0.3 is 9.47 Å². The lowest BCUT2D eigenvalue weighted by molar-refractivity contribution is -0.149. The molecule has 0 aliphatic carbocycles. The van der Waals surface area contributed by atoms with Gasteiger partial charge in [0.05, 0.1) is 25.2 Å². The van der Waals surface area contributed by atoms with Crippen LogP contribution in [0.4, 0.5) is 0 Å². The van der Waals surface area contributed by atoms with Crippen molar-refractivity contribution in [2.24, 2.45) is 11.8 Å². The molecule has 0 aromatic rings. The first kappa shape index (κ1) is 21.6. The Bertz CT molecular complexity index is 555. The van der Waals surface area contributed by atoms with Gasteiger partial charge in [-0.05, 0) is 25.7 Å². The molecule has 2 saturated heterocycles. The molecule has 0 amide bonds. The summed E-state index contributed by atoms with van der Waals surface area (Å²) in [7, 11) is -3.63. The van der Waals surface area contributed by atoms with Crippen LogP contribution in [0.3, 0.4) is 0 Å². The van der Waals surface area contributed by atoms with Crippen molar-refractivity contribution in [3.05, 3.63) is 0 Å². The molecular formula is C17H33N3O5S. The maximum absolute atomic E-state index is 12.6. The summed E-state index contributed by atoms with van der Waals surface area (Å²) in [6.07, 6.45) is 1.18. The molecule has 0 spiro atoms. The number of hydrogen-bond donors (Lipinski definition) is 1. The minimum Gasteiger partial charge on any atom is -0.466 e. The lowest BCUT2D eigenvalue weighted by Crippen LogP contribution is -2.52. The van der Waals surface area contributed by atoms with Crippen molar-refractivity contribution in [3.8, 4) is 0 Å². The van der Waals surface area contributed by atoms with Gasteiger partial charge in [-0.1, -0.05) is 13.8 Å². The molecule has 0 radical (unpaired) electrons. The zero-order valence-corrected chi connectivity index (χ0v) is 17.0. The molecule has 9 heteroatoms. The maximum atomic E-state index is 12.6. The largest absolute Gasteiger partial charge is 0.466 e. The zero-order chi connectivity index (χ0) is 19.2. The van der Waals surface area contributed by atoms with Crippen LogP contribution in [0.15, 0.2) is 0 Å². The van der Waals surface area contributed by atoms with E-state index in [9.17, 15) is 13.2 Å². The van der Waals surface area contributed by atoms with E-state index in [1.54, 1.807) is 6.92 Å². The van der Waals surface area contributed by atoms with Crippen molar-refractivity contribution in [1.29, 1.82) is 0 Å². The van der Waals surface area contributed by atoms with E-state index in [4.69, 9.17) is 9.47 Å². The second-order valence-electron chi connectivity index (χ2n) is 7.45. The summed E-state index contributed by atoms with van der Waals surface area (Å²) in [4.78, 5) is 14.2. The number of esters is 1. The number of nitrogens with zero attached hydrogens (tertiary/aromatic N) is 2. The number of carbonyl (C=O) groups excluding carboxylic acids is 1. The molecule has 2 heterocycles. The first-order valence-electron chi connectivity index (χ1n) is 9.57. The molecule has 152 valence electrons.